The molecule has 1 saturated heterocycles. The van der Waals surface area contributed by atoms with E-state index in [0.29, 0.717) is 17.2 Å². The molecule has 1 saturated carbocycles. The summed E-state index contributed by atoms with van der Waals surface area (Å²) in [6.45, 7) is 0. The summed E-state index contributed by atoms with van der Waals surface area (Å²) < 4.78 is 0. The van der Waals surface area contributed by atoms with Crippen LogP contribution in [0.1, 0.15) is 50.4 Å². The number of nitrogens with one attached hydrogen (secondary N) is 3. The number of hydrogen-bond acceptors (Lipinski definition) is 5. The molecule has 0 bridgehead atoms. The molecular formula is C14H20N6O. The van der Waals surface area contributed by atoms with Crippen LogP contribution in [-0.4, -0.2) is 26.0 Å². The lowest BCUT2D eigenvalue weighted by Crippen LogP contribution is -2.45. The molecule has 1 aliphatic heterocycles. The molecule has 21 heavy (non-hydrogen) atoms. The summed E-state index contributed by atoms with van der Waals surface area (Å²) in [5.74, 6) is 1.71. The van der Waals surface area contributed by atoms with Gasteiger partial charge in [-0.1, -0.05) is 12.8 Å². The predicted molar refractivity (Wildman–Crippen MR) is 79.8 cm³/mol. The first-order valence-corrected chi connectivity index (χ1v) is 7.72. The Morgan fingerprint density at radius 2 is 1.90 bits per heavy atom. The van der Waals surface area contributed by atoms with Gasteiger partial charge in [-0.05, 0) is 31.6 Å². The van der Waals surface area contributed by atoms with Crippen molar-refractivity contribution in [1.82, 2.24) is 25.3 Å². The van der Waals surface area contributed by atoms with E-state index in [-0.39, 0.29) is 17.5 Å². The quantitative estimate of drug-likeness (QED) is 0.630. The Morgan fingerprint density at radius 3 is 2.81 bits per heavy atom. The minimum Gasteiger partial charge on any atom is -0.369 e. The van der Waals surface area contributed by atoms with Gasteiger partial charge in [-0.3, -0.25) is 9.78 Å². The fourth-order valence-corrected chi connectivity index (χ4v) is 3.82. The summed E-state index contributed by atoms with van der Waals surface area (Å²) in [5, 5.41) is 3.70. The number of fused-ring (bicyclic) bond motifs is 2. The molecule has 3 heterocycles. The highest BCUT2D eigenvalue weighted by Crippen LogP contribution is 2.36. The van der Waals surface area contributed by atoms with Crippen LogP contribution in [0.4, 0.5) is 5.95 Å². The lowest BCUT2D eigenvalue weighted by Gasteiger charge is -2.39. The third-order valence-electron chi connectivity index (χ3n) is 4.88. The molecule has 7 nitrogen and oxygen atoms in total. The monoisotopic (exact) mass is 288 g/mol. The molecule has 0 radical (unpaired) electrons. The number of hydrogen-bond donors (Lipinski definition) is 4. The van der Waals surface area contributed by atoms with Crippen molar-refractivity contribution in [3.8, 4) is 0 Å². The van der Waals surface area contributed by atoms with Crippen molar-refractivity contribution >= 4 is 17.1 Å². The minimum atomic E-state index is -0.261. The first-order valence-electron chi connectivity index (χ1n) is 7.72. The van der Waals surface area contributed by atoms with Gasteiger partial charge >= 0.3 is 0 Å². The van der Waals surface area contributed by atoms with E-state index in [1.807, 2.05) is 0 Å². The van der Waals surface area contributed by atoms with Crippen molar-refractivity contribution < 1.29 is 0 Å². The molecule has 2 aromatic rings. The molecule has 2 aromatic heterocycles. The molecule has 3 unspecified atom stereocenters. The van der Waals surface area contributed by atoms with Gasteiger partial charge in [0.05, 0.1) is 6.04 Å². The van der Waals surface area contributed by atoms with Gasteiger partial charge in [0.1, 0.15) is 5.82 Å². The number of H-pyrrole nitrogens is 2. The van der Waals surface area contributed by atoms with Gasteiger partial charge in [0.15, 0.2) is 11.2 Å². The number of aromatic nitrogens is 4. The number of nitrogen functional groups attached to an aromatic ring is 1. The Labute approximate surface area is 121 Å². The zero-order valence-corrected chi connectivity index (χ0v) is 11.9. The minimum absolute atomic E-state index is 0.106. The maximum atomic E-state index is 11.9. The highest BCUT2D eigenvalue weighted by molar-refractivity contribution is 5.70. The first kappa shape index (κ1) is 12.8. The summed E-state index contributed by atoms with van der Waals surface area (Å²) in [5.41, 5.74) is 6.11. The number of aromatic amines is 2. The third kappa shape index (κ3) is 2.21. The molecule has 4 rings (SSSR count). The average molecular weight is 288 g/mol. The number of piperidine rings is 1. The molecule has 1 aliphatic carbocycles. The van der Waals surface area contributed by atoms with Crippen LogP contribution in [0.5, 0.6) is 0 Å². The van der Waals surface area contributed by atoms with Gasteiger partial charge in [0.2, 0.25) is 5.95 Å². The zero-order chi connectivity index (χ0) is 14.4. The number of nitrogens with two attached hydrogens (primary N) is 1. The van der Waals surface area contributed by atoms with Crippen LogP contribution in [0.2, 0.25) is 0 Å². The van der Waals surface area contributed by atoms with Crippen LogP contribution in [-0.2, 0) is 0 Å². The van der Waals surface area contributed by atoms with Crippen LogP contribution >= 0.6 is 0 Å². The van der Waals surface area contributed by atoms with Crippen LogP contribution in [0.15, 0.2) is 4.79 Å². The highest BCUT2D eigenvalue weighted by Gasteiger charge is 2.33. The normalized spacial score (nSPS) is 29.4. The van der Waals surface area contributed by atoms with Crippen LogP contribution in [0.25, 0.3) is 11.2 Å². The van der Waals surface area contributed by atoms with Crippen LogP contribution in [0.3, 0.4) is 0 Å². The second-order valence-corrected chi connectivity index (χ2v) is 6.22. The largest absolute Gasteiger partial charge is 0.369 e. The Morgan fingerprint density at radius 1 is 1.05 bits per heavy atom. The average Bonchev–Trinajstić information content (AvgIpc) is 2.91. The maximum Gasteiger partial charge on any atom is 0.278 e. The molecular weight excluding hydrogens is 268 g/mol. The predicted octanol–water partition coefficient (Wildman–Crippen LogP) is 1.21. The van der Waals surface area contributed by atoms with Crippen molar-refractivity contribution in [2.45, 2.75) is 50.6 Å². The molecule has 0 spiro atoms. The summed E-state index contributed by atoms with van der Waals surface area (Å²) in [7, 11) is 0. The van der Waals surface area contributed by atoms with E-state index in [2.05, 4.69) is 25.3 Å². The molecule has 0 aromatic carbocycles. The number of anilines is 1. The Kier molecular flexibility index (Phi) is 2.95. The van der Waals surface area contributed by atoms with Crippen molar-refractivity contribution in [3.05, 3.63) is 16.2 Å². The van der Waals surface area contributed by atoms with E-state index in [9.17, 15) is 4.79 Å². The van der Waals surface area contributed by atoms with E-state index in [4.69, 9.17) is 5.73 Å². The van der Waals surface area contributed by atoms with E-state index in [1.165, 1.54) is 32.1 Å². The molecule has 5 N–H and O–H groups in total. The second kappa shape index (κ2) is 4.84. The first-order chi connectivity index (χ1) is 10.2. The van der Waals surface area contributed by atoms with Crippen LogP contribution < -0.4 is 16.6 Å². The summed E-state index contributed by atoms with van der Waals surface area (Å²) >= 11 is 0. The molecule has 7 heteroatoms. The molecule has 112 valence electrons. The zero-order valence-electron chi connectivity index (χ0n) is 11.9. The van der Waals surface area contributed by atoms with Crippen LogP contribution in [0, 0.1) is 5.92 Å². The molecule has 2 fully saturated rings. The Balaban J connectivity index is 1.64. The summed E-state index contributed by atoms with van der Waals surface area (Å²) in [6, 6.07) is 0.765. The fourth-order valence-electron chi connectivity index (χ4n) is 3.82. The highest BCUT2D eigenvalue weighted by atomic mass is 16.1. The van der Waals surface area contributed by atoms with Gasteiger partial charge in [0.25, 0.3) is 5.56 Å². The lowest BCUT2D eigenvalue weighted by atomic mass is 9.77. The van der Waals surface area contributed by atoms with E-state index in [0.717, 1.165) is 18.2 Å². The van der Waals surface area contributed by atoms with Gasteiger partial charge in [0, 0.05) is 6.04 Å². The molecule has 3 atom stereocenters. The van der Waals surface area contributed by atoms with E-state index >= 15 is 0 Å². The lowest BCUT2D eigenvalue weighted by molar-refractivity contribution is 0.174. The van der Waals surface area contributed by atoms with Crippen molar-refractivity contribution in [3.63, 3.8) is 0 Å². The van der Waals surface area contributed by atoms with E-state index < -0.39 is 0 Å². The van der Waals surface area contributed by atoms with Crippen molar-refractivity contribution in [2.24, 2.45) is 5.92 Å². The SMILES string of the molecule is Nc1nc2nc(C3CCC4CCCCC4N3)[nH]c2c(=O)[nH]1. The molecule has 0 amide bonds. The van der Waals surface area contributed by atoms with Gasteiger partial charge in [-0.25, -0.2) is 4.98 Å². The standard InChI is InChI=1S/C14H20N6O/c15-14-19-12-10(13(21)20-14)17-11(18-12)9-6-5-7-3-1-2-4-8(7)16-9/h7-9,16H,1-6H2,(H4,15,17,18,19,20,21). The topological polar surface area (TPSA) is 112 Å². The Bertz CT molecular complexity index is 720. The van der Waals surface area contributed by atoms with Gasteiger partial charge in [-0.2, -0.15) is 4.98 Å². The number of imidazole rings is 1. The van der Waals surface area contributed by atoms with Gasteiger partial charge < -0.3 is 16.0 Å². The number of rotatable bonds is 1. The summed E-state index contributed by atoms with van der Waals surface area (Å²) in [6.07, 6.45) is 7.52. The molecule has 2 aliphatic rings. The fraction of sp³-hybridized carbons (Fsp3) is 0.643. The summed E-state index contributed by atoms with van der Waals surface area (Å²) in [4.78, 5) is 26.0. The Hall–Kier alpha value is -1.89. The number of nitrogens with zero attached hydrogens (tertiary/aromatic N) is 2. The van der Waals surface area contributed by atoms with Crippen molar-refractivity contribution in [1.29, 1.82) is 0 Å². The van der Waals surface area contributed by atoms with Gasteiger partial charge in [-0.15, -0.1) is 0 Å². The second-order valence-electron chi connectivity index (χ2n) is 6.22. The third-order valence-corrected chi connectivity index (χ3v) is 4.88. The maximum absolute atomic E-state index is 11.9. The van der Waals surface area contributed by atoms with Crippen molar-refractivity contribution in [2.75, 3.05) is 5.73 Å². The van der Waals surface area contributed by atoms with E-state index in [1.54, 1.807) is 0 Å². The smallest absolute Gasteiger partial charge is 0.278 e.